The summed E-state index contributed by atoms with van der Waals surface area (Å²) in [6, 6.07) is 1.86. The van der Waals surface area contributed by atoms with E-state index in [9.17, 15) is 4.79 Å². The Hall–Kier alpha value is -1.08. The molecule has 0 rings (SSSR count). The smallest absolute Gasteiger partial charge is 0.326 e. The molecule has 4 heteroatoms. The van der Waals surface area contributed by atoms with Gasteiger partial charge in [0.25, 0.3) is 0 Å². The lowest BCUT2D eigenvalue weighted by Crippen LogP contribution is -2.30. The molecule has 0 aromatic carbocycles. The highest BCUT2D eigenvalue weighted by atomic mass is 16.6. The maximum atomic E-state index is 11.4. The van der Waals surface area contributed by atoms with Crippen LogP contribution in [0.3, 0.4) is 0 Å². The fraction of sp³-hybridized carbons (Fsp3) is 0.800. The molecule has 0 bridgehead atoms. The Morgan fingerprint density at radius 1 is 1.50 bits per heavy atom. The standard InChI is InChI=1S/C10H17NO3/c1-5-13-7-8(6-11)9(12)14-10(2,3)4/h8H,5,7H2,1-4H3. The highest BCUT2D eigenvalue weighted by Crippen LogP contribution is 2.11. The summed E-state index contributed by atoms with van der Waals surface area (Å²) in [4.78, 5) is 11.4. The third-order valence-electron chi connectivity index (χ3n) is 1.34. The molecule has 80 valence electrons. The van der Waals surface area contributed by atoms with Gasteiger partial charge in [-0.2, -0.15) is 5.26 Å². The second-order valence-electron chi connectivity index (χ2n) is 3.87. The Bertz CT molecular complexity index is 225. The summed E-state index contributed by atoms with van der Waals surface area (Å²) >= 11 is 0. The lowest BCUT2D eigenvalue weighted by molar-refractivity contribution is -0.159. The molecule has 0 N–H and O–H groups in total. The average molecular weight is 199 g/mol. The highest BCUT2D eigenvalue weighted by molar-refractivity contribution is 5.75. The number of carbonyl (C=O) groups is 1. The molecular weight excluding hydrogens is 182 g/mol. The second kappa shape index (κ2) is 5.61. The molecule has 0 aromatic heterocycles. The van der Waals surface area contributed by atoms with Crippen LogP contribution >= 0.6 is 0 Å². The van der Waals surface area contributed by atoms with Crippen LogP contribution in [-0.2, 0) is 14.3 Å². The van der Waals surface area contributed by atoms with Gasteiger partial charge in [-0.1, -0.05) is 0 Å². The Labute approximate surface area is 84.8 Å². The van der Waals surface area contributed by atoms with Gasteiger partial charge in [-0.25, -0.2) is 0 Å². The van der Waals surface area contributed by atoms with Gasteiger partial charge in [0, 0.05) is 6.61 Å². The molecule has 0 amide bonds. The van der Waals surface area contributed by atoms with E-state index in [4.69, 9.17) is 14.7 Å². The van der Waals surface area contributed by atoms with Crippen LogP contribution in [0, 0.1) is 17.2 Å². The van der Waals surface area contributed by atoms with Crippen molar-refractivity contribution in [2.75, 3.05) is 13.2 Å². The van der Waals surface area contributed by atoms with Gasteiger partial charge in [-0.3, -0.25) is 4.79 Å². The molecular formula is C10H17NO3. The van der Waals surface area contributed by atoms with Crippen molar-refractivity contribution >= 4 is 5.97 Å². The largest absolute Gasteiger partial charge is 0.459 e. The van der Waals surface area contributed by atoms with Gasteiger partial charge in [0.15, 0.2) is 5.92 Å². The van der Waals surface area contributed by atoms with E-state index in [0.717, 1.165) is 0 Å². The van der Waals surface area contributed by atoms with Crippen molar-refractivity contribution in [1.29, 1.82) is 5.26 Å². The predicted octanol–water partition coefficient (Wildman–Crippen LogP) is 1.50. The summed E-state index contributed by atoms with van der Waals surface area (Å²) in [5.74, 6) is -1.34. The van der Waals surface area contributed by atoms with E-state index in [1.165, 1.54) is 0 Å². The third kappa shape index (κ3) is 5.55. The molecule has 0 spiro atoms. The zero-order valence-electron chi connectivity index (χ0n) is 9.16. The normalized spacial score (nSPS) is 13.1. The zero-order chi connectivity index (χ0) is 11.2. The van der Waals surface area contributed by atoms with Crippen molar-refractivity contribution in [3.8, 4) is 6.07 Å². The van der Waals surface area contributed by atoms with Gasteiger partial charge in [0.05, 0.1) is 12.7 Å². The third-order valence-corrected chi connectivity index (χ3v) is 1.34. The fourth-order valence-electron chi connectivity index (χ4n) is 0.767. The lowest BCUT2D eigenvalue weighted by atomic mass is 10.1. The van der Waals surface area contributed by atoms with Gasteiger partial charge in [0.1, 0.15) is 5.60 Å². The number of esters is 1. The van der Waals surface area contributed by atoms with Crippen molar-refractivity contribution in [2.45, 2.75) is 33.3 Å². The zero-order valence-corrected chi connectivity index (χ0v) is 9.16. The first-order valence-corrected chi connectivity index (χ1v) is 4.61. The van der Waals surface area contributed by atoms with Crippen molar-refractivity contribution in [3.05, 3.63) is 0 Å². The van der Waals surface area contributed by atoms with Crippen LogP contribution in [0.5, 0.6) is 0 Å². The molecule has 0 aliphatic carbocycles. The number of nitrogens with zero attached hydrogens (tertiary/aromatic N) is 1. The molecule has 1 unspecified atom stereocenters. The van der Waals surface area contributed by atoms with Gasteiger partial charge in [0.2, 0.25) is 0 Å². The lowest BCUT2D eigenvalue weighted by Gasteiger charge is -2.21. The van der Waals surface area contributed by atoms with E-state index in [-0.39, 0.29) is 6.61 Å². The van der Waals surface area contributed by atoms with E-state index in [1.807, 2.05) is 13.0 Å². The fourth-order valence-corrected chi connectivity index (χ4v) is 0.767. The van der Waals surface area contributed by atoms with Gasteiger partial charge >= 0.3 is 5.97 Å². The number of nitriles is 1. The van der Waals surface area contributed by atoms with Crippen LogP contribution in [0.2, 0.25) is 0 Å². The number of ether oxygens (including phenoxy) is 2. The van der Waals surface area contributed by atoms with Crippen LogP contribution in [0.25, 0.3) is 0 Å². The summed E-state index contributed by atoms with van der Waals surface area (Å²) in [6.45, 7) is 7.69. The summed E-state index contributed by atoms with van der Waals surface area (Å²) < 4.78 is 10.0. The first-order chi connectivity index (χ1) is 6.40. The van der Waals surface area contributed by atoms with Crippen LogP contribution in [-0.4, -0.2) is 24.8 Å². The minimum atomic E-state index is -0.825. The van der Waals surface area contributed by atoms with E-state index in [0.29, 0.717) is 6.61 Å². The predicted molar refractivity (Wildman–Crippen MR) is 51.4 cm³/mol. The topological polar surface area (TPSA) is 59.3 Å². The summed E-state index contributed by atoms with van der Waals surface area (Å²) in [6.07, 6.45) is 0. The SMILES string of the molecule is CCOCC(C#N)C(=O)OC(C)(C)C. The van der Waals surface area contributed by atoms with E-state index >= 15 is 0 Å². The van der Waals surface area contributed by atoms with E-state index in [1.54, 1.807) is 20.8 Å². The van der Waals surface area contributed by atoms with Gasteiger partial charge in [-0.15, -0.1) is 0 Å². The molecule has 0 aromatic rings. The van der Waals surface area contributed by atoms with Crippen molar-refractivity contribution in [2.24, 2.45) is 5.92 Å². The minimum absolute atomic E-state index is 0.0991. The van der Waals surface area contributed by atoms with Crippen LogP contribution in [0.1, 0.15) is 27.7 Å². The van der Waals surface area contributed by atoms with Crippen molar-refractivity contribution < 1.29 is 14.3 Å². The van der Waals surface area contributed by atoms with Crippen LogP contribution in [0.15, 0.2) is 0 Å². The van der Waals surface area contributed by atoms with Crippen molar-refractivity contribution in [1.82, 2.24) is 0 Å². The molecule has 0 saturated carbocycles. The van der Waals surface area contributed by atoms with Gasteiger partial charge in [-0.05, 0) is 27.7 Å². The van der Waals surface area contributed by atoms with E-state index in [2.05, 4.69) is 0 Å². The Balaban J connectivity index is 4.13. The summed E-state index contributed by atoms with van der Waals surface area (Å²) in [5.41, 5.74) is -0.557. The number of rotatable bonds is 4. The monoisotopic (exact) mass is 199 g/mol. The molecule has 0 aliphatic rings. The maximum absolute atomic E-state index is 11.4. The Morgan fingerprint density at radius 3 is 2.43 bits per heavy atom. The van der Waals surface area contributed by atoms with Gasteiger partial charge < -0.3 is 9.47 Å². The number of carbonyl (C=O) groups excluding carboxylic acids is 1. The Kier molecular flexibility index (Phi) is 5.18. The van der Waals surface area contributed by atoms with Crippen LogP contribution < -0.4 is 0 Å². The molecule has 0 heterocycles. The molecule has 14 heavy (non-hydrogen) atoms. The van der Waals surface area contributed by atoms with E-state index < -0.39 is 17.5 Å². The first kappa shape index (κ1) is 12.9. The molecule has 0 radical (unpaired) electrons. The second-order valence-corrected chi connectivity index (χ2v) is 3.87. The number of hydrogen-bond donors (Lipinski definition) is 0. The molecule has 1 atom stereocenters. The summed E-state index contributed by atoms with van der Waals surface area (Å²) in [5, 5.41) is 8.69. The molecule has 0 fully saturated rings. The highest BCUT2D eigenvalue weighted by Gasteiger charge is 2.24. The van der Waals surface area contributed by atoms with Crippen molar-refractivity contribution in [3.63, 3.8) is 0 Å². The quantitative estimate of drug-likeness (QED) is 0.644. The molecule has 0 aliphatic heterocycles. The molecule has 0 saturated heterocycles. The average Bonchev–Trinajstić information content (AvgIpc) is 2.02. The summed E-state index contributed by atoms with van der Waals surface area (Å²) in [7, 11) is 0. The molecule has 4 nitrogen and oxygen atoms in total. The first-order valence-electron chi connectivity index (χ1n) is 4.61. The number of hydrogen-bond acceptors (Lipinski definition) is 4. The van der Waals surface area contributed by atoms with Crippen LogP contribution in [0.4, 0.5) is 0 Å². The Morgan fingerprint density at radius 2 is 2.07 bits per heavy atom. The maximum Gasteiger partial charge on any atom is 0.326 e. The minimum Gasteiger partial charge on any atom is -0.459 e.